The third kappa shape index (κ3) is 2.93. The van der Waals surface area contributed by atoms with Gasteiger partial charge in [-0.1, -0.05) is 29.3 Å². The normalized spacial score (nSPS) is 26.1. The fourth-order valence-corrected chi connectivity index (χ4v) is 4.07. The van der Waals surface area contributed by atoms with Crippen molar-refractivity contribution in [2.75, 3.05) is 5.75 Å². The molecule has 0 saturated carbocycles. The van der Waals surface area contributed by atoms with Crippen LogP contribution in [0.1, 0.15) is 25.3 Å². The molecule has 1 aliphatic rings. The molecule has 4 heteroatoms. The molecule has 2 rings (SSSR count). The van der Waals surface area contributed by atoms with Gasteiger partial charge in [0, 0.05) is 21.2 Å². The SMILES string of the molecule is CC1(C(O)Cc2c(Cl)cccc2Cl)CCCS1. The third-order valence-corrected chi connectivity index (χ3v) is 5.75. The first-order valence-corrected chi connectivity index (χ1v) is 7.52. The fraction of sp³-hybridized carbons (Fsp3) is 0.538. The van der Waals surface area contributed by atoms with Crippen LogP contribution in [0, 0.1) is 0 Å². The van der Waals surface area contributed by atoms with Gasteiger partial charge in [-0.15, -0.1) is 0 Å². The molecule has 0 bridgehead atoms. The van der Waals surface area contributed by atoms with Gasteiger partial charge in [0.15, 0.2) is 0 Å². The fourth-order valence-electron chi connectivity index (χ4n) is 2.20. The summed E-state index contributed by atoms with van der Waals surface area (Å²) >= 11 is 14.1. The van der Waals surface area contributed by atoms with Gasteiger partial charge >= 0.3 is 0 Å². The van der Waals surface area contributed by atoms with Crippen LogP contribution in [0.15, 0.2) is 18.2 Å². The zero-order chi connectivity index (χ0) is 12.5. The van der Waals surface area contributed by atoms with E-state index in [1.807, 2.05) is 30.0 Å². The molecule has 0 aliphatic carbocycles. The maximum Gasteiger partial charge on any atom is 0.0725 e. The number of aliphatic hydroxyl groups is 1. The van der Waals surface area contributed by atoms with Crippen molar-refractivity contribution in [2.24, 2.45) is 0 Å². The van der Waals surface area contributed by atoms with E-state index in [9.17, 15) is 5.11 Å². The average molecular weight is 291 g/mol. The summed E-state index contributed by atoms with van der Waals surface area (Å²) in [5.41, 5.74) is 0.858. The molecule has 1 aromatic rings. The lowest BCUT2D eigenvalue weighted by Gasteiger charge is -2.29. The summed E-state index contributed by atoms with van der Waals surface area (Å²) in [4.78, 5) is 0. The van der Waals surface area contributed by atoms with E-state index in [0.717, 1.165) is 17.7 Å². The van der Waals surface area contributed by atoms with Crippen molar-refractivity contribution in [1.82, 2.24) is 0 Å². The Morgan fingerprint density at radius 1 is 1.41 bits per heavy atom. The van der Waals surface area contributed by atoms with Gasteiger partial charge in [-0.2, -0.15) is 11.8 Å². The van der Waals surface area contributed by atoms with Gasteiger partial charge in [0.05, 0.1) is 6.10 Å². The summed E-state index contributed by atoms with van der Waals surface area (Å²) in [5, 5.41) is 11.7. The summed E-state index contributed by atoms with van der Waals surface area (Å²) in [6.07, 6.45) is 2.37. The largest absolute Gasteiger partial charge is 0.391 e. The molecule has 0 aromatic heterocycles. The molecule has 1 saturated heterocycles. The minimum Gasteiger partial charge on any atom is -0.391 e. The molecule has 1 aromatic carbocycles. The Hall–Kier alpha value is 0.110. The maximum atomic E-state index is 10.4. The summed E-state index contributed by atoms with van der Waals surface area (Å²) in [6.45, 7) is 2.13. The average Bonchev–Trinajstić information content (AvgIpc) is 2.72. The van der Waals surface area contributed by atoms with E-state index in [0.29, 0.717) is 16.5 Å². The van der Waals surface area contributed by atoms with Crippen molar-refractivity contribution < 1.29 is 5.11 Å². The standard InChI is InChI=1S/C13H16Cl2OS/c1-13(6-3-7-17-13)12(16)8-9-10(14)4-2-5-11(9)15/h2,4-5,12,16H,3,6-8H2,1H3. The van der Waals surface area contributed by atoms with Crippen LogP contribution >= 0.6 is 35.0 Å². The summed E-state index contributed by atoms with van der Waals surface area (Å²) in [7, 11) is 0. The highest BCUT2D eigenvalue weighted by Gasteiger charge is 2.37. The minimum absolute atomic E-state index is 0.0531. The van der Waals surface area contributed by atoms with Crippen LogP contribution in [0.3, 0.4) is 0 Å². The Morgan fingerprint density at radius 3 is 2.59 bits per heavy atom. The van der Waals surface area contributed by atoms with E-state index in [1.54, 1.807) is 0 Å². The molecule has 1 heterocycles. The minimum atomic E-state index is -0.396. The van der Waals surface area contributed by atoms with Gasteiger partial charge in [0.25, 0.3) is 0 Å². The van der Waals surface area contributed by atoms with Crippen LogP contribution in [0.2, 0.25) is 10.0 Å². The Morgan fingerprint density at radius 2 is 2.06 bits per heavy atom. The molecule has 0 spiro atoms. The second-order valence-corrected chi connectivity index (χ2v) is 7.13. The molecular weight excluding hydrogens is 275 g/mol. The van der Waals surface area contributed by atoms with Crippen LogP contribution < -0.4 is 0 Å². The quantitative estimate of drug-likeness (QED) is 0.901. The molecule has 0 radical (unpaired) electrons. The van der Waals surface area contributed by atoms with Crippen molar-refractivity contribution >= 4 is 35.0 Å². The van der Waals surface area contributed by atoms with E-state index in [2.05, 4.69) is 6.92 Å². The third-order valence-electron chi connectivity index (χ3n) is 3.41. The maximum absolute atomic E-state index is 10.4. The Balaban J connectivity index is 2.15. The zero-order valence-electron chi connectivity index (χ0n) is 9.75. The van der Waals surface area contributed by atoms with Gasteiger partial charge in [-0.05, 0) is 43.2 Å². The molecule has 17 heavy (non-hydrogen) atoms. The second kappa shape index (κ2) is 5.40. The summed E-state index contributed by atoms with van der Waals surface area (Å²) in [6, 6.07) is 5.46. The first-order valence-electron chi connectivity index (χ1n) is 5.78. The topological polar surface area (TPSA) is 20.2 Å². The number of benzene rings is 1. The van der Waals surface area contributed by atoms with Crippen LogP contribution in [-0.2, 0) is 6.42 Å². The van der Waals surface area contributed by atoms with Crippen molar-refractivity contribution in [3.05, 3.63) is 33.8 Å². The van der Waals surface area contributed by atoms with Gasteiger partial charge in [-0.25, -0.2) is 0 Å². The molecule has 2 atom stereocenters. The molecular formula is C13H16Cl2OS. The number of hydrogen-bond donors (Lipinski definition) is 1. The highest BCUT2D eigenvalue weighted by atomic mass is 35.5. The highest BCUT2D eigenvalue weighted by molar-refractivity contribution is 8.00. The Labute approximate surface area is 117 Å². The lowest BCUT2D eigenvalue weighted by Crippen LogP contribution is -2.35. The lowest BCUT2D eigenvalue weighted by atomic mass is 9.93. The van der Waals surface area contributed by atoms with Crippen molar-refractivity contribution in [1.29, 1.82) is 0 Å². The molecule has 1 fully saturated rings. The summed E-state index contributed by atoms with van der Waals surface area (Å²) < 4.78 is -0.0531. The van der Waals surface area contributed by atoms with E-state index >= 15 is 0 Å². The van der Waals surface area contributed by atoms with Gasteiger partial charge in [0.2, 0.25) is 0 Å². The zero-order valence-corrected chi connectivity index (χ0v) is 12.1. The van der Waals surface area contributed by atoms with E-state index in [4.69, 9.17) is 23.2 Å². The molecule has 1 aliphatic heterocycles. The van der Waals surface area contributed by atoms with E-state index in [-0.39, 0.29) is 4.75 Å². The molecule has 2 unspecified atom stereocenters. The van der Waals surface area contributed by atoms with Crippen LogP contribution in [0.5, 0.6) is 0 Å². The van der Waals surface area contributed by atoms with Crippen molar-refractivity contribution in [3.63, 3.8) is 0 Å². The van der Waals surface area contributed by atoms with Crippen LogP contribution in [0.4, 0.5) is 0 Å². The van der Waals surface area contributed by atoms with Gasteiger partial charge in [0.1, 0.15) is 0 Å². The van der Waals surface area contributed by atoms with Gasteiger partial charge < -0.3 is 5.11 Å². The van der Waals surface area contributed by atoms with Crippen molar-refractivity contribution in [3.8, 4) is 0 Å². The lowest BCUT2D eigenvalue weighted by molar-refractivity contribution is 0.133. The molecule has 1 nitrogen and oxygen atoms in total. The number of aliphatic hydroxyl groups excluding tert-OH is 1. The molecule has 1 N–H and O–H groups in total. The van der Waals surface area contributed by atoms with E-state index < -0.39 is 6.10 Å². The first kappa shape index (κ1) is 13.5. The number of halogens is 2. The second-order valence-electron chi connectivity index (χ2n) is 4.68. The van der Waals surface area contributed by atoms with E-state index in [1.165, 1.54) is 6.42 Å². The predicted octanol–water partition coefficient (Wildman–Crippen LogP) is 4.18. The number of thioether (sulfide) groups is 1. The van der Waals surface area contributed by atoms with Gasteiger partial charge in [-0.3, -0.25) is 0 Å². The monoisotopic (exact) mass is 290 g/mol. The number of rotatable bonds is 3. The first-order chi connectivity index (χ1) is 8.03. The predicted molar refractivity (Wildman–Crippen MR) is 76.3 cm³/mol. The smallest absolute Gasteiger partial charge is 0.0725 e. The molecule has 94 valence electrons. The number of hydrogen-bond acceptors (Lipinski definition) is 2. The van der Waals surface area contributed by atoms with Crippen molar-refractivity contribution in [2.45, 2.75) is 37.0 Å². The van der Waals surface area contributed by atoms with Crippen LogP contribution in [0.25, 0.3) is 0 Å². The van der Waals surface area contributed by atoms with Crippen LogP contribution in [-0.4, -0.2) is 21.7 Å². The Kier molecular flexibility index (Phi) is 4.30. The highest BCUT2D eigenvalue weighted by Crippen LogP contribution is 2.42. The Bertz CT molecular complexity index is 382. The molecule has 0 amide bonds. The summed E-state index contributed by atoms with van der Waals surface area (Å²) in [5.74, 6) is 1.13.